The van der Waals surface area contributed by atoms with Gasteiger partial charge in [0.2, 0.25) is 5.88 Å². The zero-order valence-electron chi connectivity index (χ0n) is 12.8. The lowest BCUT2D eigenvalue weighted by Crippen LogP contribution is -2.20. The Labute approximate surface area is 146 Å². The molecule has 0 saturated carbocycles. The molecule has 0 saturated heterocycles. The van der Waals surface area contributed by atoms with E-state index in [1.54, 1.807) is 7.11 Å². The van der Waals surface area contributed by atoms with E-state index in [0.29, 0.717) is 35.0 Å². The van der Waals surface area contributed by atoms with Gasteiger partial charge in [-0.15, -0.1) is 0 Å². The molecule has 1 aliphatic rings. The summed E-state index contributed by atoms with van der Waals surface area (Å²) in [5.41, 5.74) is 1.99. The molecule has 24 heavy (non-hydrogen) atoms. The topological polar surface area (TPSA) is 64.2 Å². The summed E-state index contributed by atoms with van der Waals surface area (Å²) in [5.74, 6) is 2.13. The number of methoxy groups -OCH3 is 1. The predicted molar refractivity (Wildman–Crippen MR) is 93.9 cm³/mol. The Morgan fingerprint density at radius 2 is 2.08 bits per heavy atom. The maximum Gasteiger partial charge on any atom is 0.258 e. The molecule has 0 aliphatic carbocycles. The second-order valence-corrected chi connectivity index (χ2v) is 6.35. The fraction of sp³-hybridized carbons (Fsp3) is 0.111. The standard InChI is InChI=1S/C18H13BrN2O3/c1-23-15-5-3-2-4-12(15)16-20-17(22)13-9-10-8-11(19)6-7-14(10)24-18(13)21-16/h2-8H,9H2,1H3,(H,20,21,22). The zero-order chi connectivity index (χ0) is 16.7. The van der Waals surface area contributed by atoms with Crippen LogP contribution in [0.1, 0.15) is 11.1 Å². The summed E-state index contributed by atoms with van der Waals surface area (Å²) in [6.07, 6.45) is 0.485. The van der Waals surface area contributed by atoms with Crippen molar-refractivity contribution in [3.8, 4) is 28.8 Å². The molecule has 1 N–H and O–H groups in total. The van der Waals surface area contributed by atoms with Crippen LogP contribution in [0.3, 0.4) is 0 Å². The summed E-state index contributed by atoms with van der Waals surface area (Å²) in [4.78, 5) is 19.9. The van der Waals surface area contributed by atoms with Gasteiger partial charge in [-0.05, 0) is 30.3 Å². The Kier molecular flexibility index (Phi) is 3.61. The highest BCUT2D eigenvalue weighted by Crippen LogP contribution is 2.36. The highest BCUT2D eigenvalue weighted by molar-refractivity contribution is 9.10. The molecule has 6 heteroatoms. The molecule has 0 atom stereocenters. The summed E-state index contributed by atoms with van der Waals surface area (Å²) < 4.78 is 12.1. The number of fused-ring (bicyclic) bond motifs is 2. The molecule has 5 nitrogen and oxygen atoms in total. The molecule has 4 rings (SSSR count). The van der Waals surface area contributed by atoms with E-state index in [0.717, 1.165) is 15.8 Å². The summed E-state index contributed by atoms with van der Waals surface area (Å²) in [7, 11) is 1.58. The molecule has 120 valence electrons. The molecule has 0 spiro atoms. The minimum absolute atomic E-state index is 0.202. The molecule has 1 aromatic heterocycles. The van der Waals surface area contributed by atoms with Gasteiger partial charge < -0.3 is 14.5 Å². The Balaban J connectivity index is 1.84. The zero-order valence-corrected chi connectivity index (χ0v) is 14.4. The van der Waals surface area contributed by atoms with Gasteiger partial charge >= 0.3 is 0 Å². The highest BCUT2D eigenvalue weighted by Gasteiger charge is 2.23. The van der Waals surface area contributed by atoms with E-state index < -0.39 is 0 Å². The molecule has 0 radical (unpaired) electrons. The number of hydrogen-bond donors (Lipinski definition) is 1. The monoisotopic (exact) mass is 384 g/mol. The van der Waals surface area contributed by atoms with Crippen molar-refractivity contribution in [3.05, 3.63) is 68.4 Å². The molecule has 2 heterocycles. The van der Waals surface area contributed by atoms with Gasteiger partial charge in [-0.3, -0.25) is 4.79 Å². The Hall–Kier alpha value is -2.60. The number of benzene rings is 2. The second-order valence-electron chi connectivity index (χ2n) is 5.43. The Morgan fingerprint density at radius 3 is 2.92 bits per heavy atom. The van der Waals surface area contributed by atoms with Crippen LogP contribution in [0.2, 0.25) is 0 Å². The lowest BCUT2D eigenvalue weighted by Gasteiger charge is -2.19. The molecular formula is C18H13BrN2O3. The first-order chi connectivity index (χ1) is 11.7. The van der Waals surface area contributed by atoms with Gasteiger partial charge in [0.15, 0.2) is 0 Å². The number of aromatic amines is 1. The molecule has 1 aliphatic heterocycles. The number of para-hydroxylation sites is 1. The third-order valence-corrected chi connectivity index (χ3v) is 4.43. The van der Waals surface area contributed by atoms with Crippen molar-refractivity contribution in [3.63, 3.8) is 0 Å². The Bertz CT molecular complexity index is 998. The minimum atomic E-state index is -0.202. The van der Waals surface area contributed by atoms with Crippen LogP contribution in [0, 0.1) is 0 Å². The Morgan fingerprint density at radius 1 is 1.25 bits per heavy atom. The van der Waals surface area contributed by atoms with Gasteiger partial charge in [0.1, 0.15) is 17.3 Å². The number of rotatable bonds is 2. The summed E-state index contributed by atoms with van der Waals surface area (Å²) in [6.45, 7) is 0. The summed E-state index contributed by atoms with van der Waals surface area (Å²) >= 11 is 3.44. The number of halogens is 1. The minimum Gasteiger partial charge on any atom is -0.496 e. The van der Waals surface area contributed by atoms with Gasteiger partial charge in [-0.25, -0.2) is 0 Å². The second kappa shape index (κ2) is 5.79. The quantitative estimate of drug-likeness (QED) is 0.569. The fourth-order valence-corrected chi connectivity index (χ4v) is 3.17. The average Bonchev–Trinajstić information content (AvgIpc) is 2.60. The van der Waals surface area contributed by atoms with Crippen LogP contribution >= 0.6 is 15.9 Å². The van der Waals surface area contributed by atoms with Crippen molar-refractivity contribution in [2.24, 2.45) is 0 Å². The van der Waals surface area contributed by atoms with E-state index in [4.69, 9.17) is 9.47 Å². The number of ether oxygens (including phenoxy) is 2. The molecule has 3 aromatic rings. The first kappa shape index (κ1) is 15.0. The van der Waals surface area contributed by atoms with Crippen LogP contribution in [0.15, 0.2) is 51.7 Å². The first-order valence-corrected chi connectivity index (χ1v) is 8.18. The lowest BCUT2D eigenvalue weighted by atomic mass is 10.0. The molecule has 2 aromatic carbocycles. The normalized spacial score (nSPS) is 12.1. The van der Waals surface area contributed by atoms with Crippen LogP contribution < -0.4 is 15.0 Å². The van der Waals surface area contributed by atoms with Crippen molar-refractivity contribution < 1.29 is 9.47 Å². The van der Waals surface area contributed by atoms with Gasteiger partial charge in [-0.2, -0.15) is 4.98 Å². The third kappa shape index (κ3) is 2.49. The number of nitrogens with zero attached hydrogens (tertiary/aromatic N) is 1. The molecule has 0 amide bonds. The van der Waals surface area contributed by atoms with Gasteiger partial charge in [0.05, 0.1) is 18.2 Å². The van der Waals surface area contributed by atoms with Crippen molar-refractivity contribution >= 4 is 15.9 Å². The molecule has 0 fully saturated rings. The molecule has 0 unspecified atom stereocenters. The van der Waals surface area contributed by atoms with Crippen molar-refractivity contribution in [2.45, 2.75) is 6.42 Å². The van der Waals surface area contributed by atoms with E-state index in [1.165, 1.54) is 0 Å². The van der Waals surface area contributed by atoms with Crippen molar-refractivity contribution in [2.75, 3.05) is 7.11 Å². The van der Waals surface area contributed by atoms with E-state index in [1.807, 2.05) is 42.5 Å². The number of hydrogen-bond acceptors (Lipinski definition) is 4. The maximum atomic E-state index is 12.5. The van der Waals surface area contributed by atoms with Crippen LogP contribution in [-0.2, 0) is 6.42 Å². The van der Waals surface area contributed by atoms with E-state index >= 15 is 0 Å². The van der Waals surface area contributed by atoms with E-state index in [-0.39, 0.29) is 5.56 Å². The smallest absolute Gasteiger partial charge is 0.258 e. The average molecular weight is 385 g/mol. The predicted octanol–water partition coefficient (Wildman–Crippen LogP) is 3.90. The van der Waals surface area contributed by atoms with E-state index in [9.17, 15) is 4.79 Å². The summed E-state index contributed by atoms with van der Waals surface area (Å²) in [5, 5.41) is 0. The third-order valence-electron chi connectivity index (χ3n) is 3.94. The van der Waals surface area contributed by atoms with Gasteiger partial charge in [-0.1, -0.05) is 28.1 Å². The SMILES string of the molecule is COc1ccccc1-c1nc2c(c(=O)[nH]1)Cc1cc(Br)ccc1O2. The van der Waals surface area contributed by atoms with Crippen LogP contribution in [0.5, 0.6) is 17.4 Å². The van der Waals surface area contributed by atoms with Crippen LogP contribution in [0.25, 0.3) is 11.4 Å². The van der Waals surface area contributed by atoms with Gasteiger partial charge in [0.25, 0.3) is 5.56 Å². The molecular weight excluding hydrogens is 372 g/mol. The van der Waals surface area contributed by atoms with E-state index in [2.05, 4.69) is 25.9 Å². The number of H-pyrrole nitrogens is 1. The van der Waals surface area contributed by atoms with Crippen molar-refractivity contribution in [1.29, 1.82) is 0 Å². The largest absolute Gasteiger partial charge is 0.496 e. The van der Waals surface area contributed by atoms with Gasteiger partial charge in [0, 0.05) is 16.5 Å². The number of aromatic nitrogens is 2. The van der Waals surface area contributed by atoms with Crippen LogP contribution in [0.4, 0.5) is 0 Å². The highest BCUT2D eigenvalue weighted by atomic mass is 79.9. The van der Waals surface area contributed by atoms with Crippen LogP contribution in [-0.4, -0.2) is 17.1 Å². The van der Waals surface area contributed by atoms with Crippen molar-refractivity contribution in [1.82, 2.24) is 9.97 Å². The summed E-state index contributed by atoms with van der Waals surface area (Å²) in [6, 6.07) is 13.1. The molecule has 0 bridgehead atoms. The fourth-order valence-electron chi connectivity index (χ4n) is 2.77. The lowest BCUT2D eigenvalue weighted by molar-refractivity contribution is 0.415. The first-order valence-electron chi connectivity index (χ1n) is 7.38. The number of nitrogens with one attached hydrogen (secondary N) is 1. The maximum absolute atomic E-state index is 12.5.